The maximum atomic E-state index is 12.5. The lowest BCUT2D eigenvalue weighted by atomic mass is 10.3. The molecule has 0 aliphatic heterocycles. The van der Waals surface area contributed by atoms with Crippen molar-refractivity contribution in [1.82, 2.24) is 9.88 Å². The molecule has 0 saturated heterocycles. The number of benzene rings is 1. The zero-order valence-electron chi connectivity index (χ0n) is 15.1. The molecule has 2 aromatic rings. The van der Waals surface area contributed by atoms with Crippen LogP contribution >= 0.6 is 34.8 Å². The van der Waals surface area contributed by atoms with Gasteiger partial charge in [-0.1, -0.05) is 34.8 Å². The van der Waals surface area contributed by atoms with Crippen LogP contribution in [0.1, 0.15) is 13.8 Å². The molecule has 152 valence electrons. The Morgan fingerprint density at radius 3 is 2.39 bits per heavy atom. The van der Waals surface area contributed by atoms with Crippen LogP contribution in [0.25, 0.3) is 0 Å². The van der Waals surface area contributed by atoms with Crippen LogP contribution in [0, 0.1) is 0 Å². The van der Waals surface area contributed by atoms with Crippen molar-refractivity contribution < 1.29 is 17.9 Å². The third kappa shape index (κ3) is 5.64. The van der Waals surface area contributed by atoms with Gasteiger partial charge in [0, 0.05) is 13.1 Å². The molecule has 2 rings (SSSR count). The van der Waals surface area contributed by atoms with Crippen molar-refractivity contribution in [3.05, 3.63) is 45.7 Å². The van der Waals surface area contributed by atoms with Gasteiger partial charge in [0.1, 0.15) is 15.8 Å². The molecular formula is C17H18Cl3N3O4S. The number of pyridine rings is 1. The lowest BCUT2D eigenvalue weighted by Gasteiger charge is -2.19. The van der Waals surface area contributed by atoms with Crippen LogP contribution in [0.2, 0.25) is 15.3 Å². The Morgan fingerprint density at radius 2 is 1.82 bits per heavy atom. The molecule has 11 heteroatoms. The van der Waals surface area contributed by atoms with Gasteiger partial charge in [-0.25, -0.2) is 13.4 Å². The standard InChI is InChI=1S/C17H18Cl3N3O4S/c1-3-23(4-2)16(24)10-27-13-6-5-11(9-12(13)18)22-28(25,26)14-7-8-15(19)21-17(14)20/h5-9,22H,3-4,10H2,1-2H3. The lowest BCUT2D eigenvalue weighted by Crippen LogP contribution is -2.34. The molecule has 1 aromatic carbocycles. The second-order valence-electron chi connectivity index (χ2n) is 5.53. The Kier molecular flexibility index (Phi) is 7.77. The van der Waals surface area contributed by atoms with Gasteiger partial charge in [-0.15, -0.1) is 0 Å². The lowest BCUT2D eigenvalue weighted by molar-refractivity contribution is -0.132. The highest BCUT2D eigenvalue weighted by Crippen LogP contribution is 2.30. The summed E-state index contributed by atoms with van der Waals surface area (Å²) in [6.07, 6.45) is 0. The quantitative estimate of drug-likeness (QED) is 0.592. The maximum Gasteiger partial charge on any atom is 0.264 e. The Bertz CT molecular complexity index is 966. The molecule has 0 bridgehead atoms. The van der Waals surface area contributed by atoms with Crippen LogP contribution < -0.4 is 9.46 Å². The largest absolute Gasteiger partial charge is 0.482 e. The SMILES string of the molecule is CCN(CC)C(=O)COc1ccc(NS(=O)(=O)c2ccc(Cl)nc2Cl)cc1Cl. The normalized spacial score (nSPS) is 11.2. The fourth-order valence-corrected chi connectivity index (χ4v) is 4.24. The summed E-state index contributed by atoms with van der Waals surface area (Å²) in [6, 6.07) is 6.86. The summed E-state index contributed by atoms with van der Waals surface area (Å²) < 4.78 is 32.8. The van der Waals surface area contributed by atoms with Gasteiger partial charge in [0.2, 0.25) is 0 Å². The van der Waals surface area contributed by atoms with Crippen molar-refractivity contribution in [2.45, 2.75) is 18.7 Å². The number of carbonyl (C=O) groups excluding carboxylic acids is 1. The molecule has 7 nitrogen and oxygen atoms in total. The van der Waals surface area contributed by atoms with Gasteiger partial charge >= 0.3 is 0 Å². The summed E-state index contributed by atoms with van der Waals surface area (Å²) in [5.41, 5.74) is 0.193. The fraction of sp³-hybridized carbons (Fsp3) is 0.294. The highest BCUT2D eigenvalue weighted by Gasteiger charge is 2.20. The average Bonchev–Trinajstić information content (AvgIpc) is 2.61. The van der Waals surface area contributed by atoms with Gasteiger partial charge in [0.05, 0.1) is 10.7 Å². The highest BCUT2D eigenvalue weighted by atomic mass is 35.5. The number of halogens is 3. The number of ether oxygens (including phenoxy) is 1. The molecule has 1 N–H and O–H groups in total. The summed E-state index contributed by atoms with van der Waals surface area (Å²) in [7, 11) is -4.00. The Hall–Kier alpha value is -1.74. The monoisotopic (exact) mass is 465 g/mol. The van der Waals surface area contributed by atoms with Crippen molar-refractivity contribution in [1.29, 1.82) is 0 Å². The predicted molar refractivity (Wildman–Crippen MR) is 110 cm³/mol. The molecular weight excluding hydrogens is 449 g/mol. The summed E-state index contributed by atoms with van der Waals surface area (Å²) in [4.78, 5) is 17.1. The third-order valence-electron chi connectivity index (χ3n) is 3.72. The van der Waals surface area contributed by atoms with E-state index in [2.05, 4.69) is 9.71 Å². The predicted octanol–water partition coefficient (Wildman–Crippen LogP) is 4.09. The maximum absolute atomic E-state index is 12.5. The van der Waals surface area contributed by atoms with Gasteiger partial charge in [0.25, 0.3) is 15.9 Å². The molecule has 0 fully saturated rings. The molecule has 0 aliphatic rings. The van der Waals surface area contributed by atoms with Gasteiger partial charge < -0.3 is 9.64 Å². The van der Waals surface area contributed by atoms with Crippen LogP contribution in [-0.2, 0) is 14.8 Å². The topological polar surface area (TPSA) is 88.6 Å². The van der Waals surface area contributed by atoms with E-state index in [0.29, 0.717) is 13.1 Å². The van der Waals surface area contributed by atoms with E-state index in [0.717, 1.165) is 0 Å². The van der Waals surface area contributed by atoms with E-state index >= 15 is 0 Å². The van der Waals surface area contributed by atoms with Crippen molar-refractivity contribution >= 4 is 56.4 Å². The van der Waals surface area contributed by atoms with Crippen molar-refractivity contribution in [2.24, 2.45) is 0 Å². The van der Waals surface area contributed by atoms with Gasteiger partial charge in [-0.3, -0.25) is 9.52 Å². The highest BCUT2D eigenvalue weighted by molar-refractivity contribution is 7.92. The van der Waals surface area contributed by atoms with E-state index in [-0.39, 0.29) is 44.2 Å². The van der Waals surface area contributed by atoms with Crippen LogP contribution in [-0.4, -0.2) is 43.9 Å². The van der Waals surface area contributed by atoms with E-state index in [1.807, 2.05) is 13.8 Å². The van der Waals surface area contributed by atoms with Crippen LogP contribution in [0.15, 0.2) is 35.2 Å². The molecule has 0 radical (unpaired) electrons. The van der Waals surface area contributed by atoms with Gasteiger partial charge in [-0.05, 0) is 44.2 Å². The van der Waals surface area contributed by atoms with Crippen molar-refractivity contribution in [3.63, 3.8) is 0 Å². The number of aromatic nitrogens is 1. The Balaban J connectivity index is 2.12. The minimum atomic E-state index is -4.00. The first-order valence-corrected chi connectivity index (χ1v) is 10.8. The second kappa shape index (κ2) is 9.65. The van der Waals surface area contributed by atoms with Gasteiger partial charge in [0.15, 0.2) is 11.8 Å². The van der Waals surface area contributed by atoms with E-state index < -0.39 is 10.0 Å². The fourth-order valence-electron chi connectivity index (χ4n) is 2.30. The summed E-state index contributed by atoms with van der Waals surface area (Å²) in [5.74, 6) is 0.0899. The number of hydrogen-bond donors (Lipinski definition) is 1. The van der Waals surface area contributed by atoms with E-state index in [4.69, 9.17) is 39.5 Å². The number of sulfonamides is 1. The molecule has 28 heavy (non-hydrogen) atoms. The molecule has 0 saturated carbocycles. The van der Waals surface area contributed by atoms with E-state index in [9.17, 15) is 13.2 Å². The summed E-state index contributed by atoms with van der Waals surface area (Å²) >= 11 is 17.7. The number of anilines is 1. The number of rotatable bonds is 8. The van der Waals surface area contributed by atoms with Crippen LogP contribution in [0.5, 0.6) is 5.75 Å². The summed E-state index contributed by atoms with van der Waals surface area (Å²) in [6.45, 7) is 4.73. The first-order valence-electron chi connectivity index (χ1n) is 8.23. The molecule has 0 aliphatic carbocycles. The van der Waals surface area contributed by atoms with Crippen molar-refractivity contribution in [2.75, 3.05) is 24.4 Å². The second-order valence-corrected chi connectivity index (χ2v) is 8.33. The molecule has 1 heterocycles. The Morgan fingerprint density at radius 1 is 1.14 bits per heavy atom. The molecule has 1 amide bonds. The summed E-state index contributed by atoms with van der Waals surface area (Å²) in [5, 5.41) is -0.0263. The van der Waals surface area contributed by atoms with Crippen molar-refractivity contribution in [3.8, 4) is 5.75 Å². The van der Waals surface area contributed by atoms with Crippen LogP contribution in [0.3, 0.4) is 0 Å². The minimum absolute atomic E-state index is 0.0766. The molecule has 0 unspecified atom stereocenters. The minimum Gasteiger partial charge on any atom is -0.482 e. The zero-order valence-corrected chi connectivity index (χ0v) is 18.2. The van der Waals surface area contributed by atoms with Crippen LogP contribution in [0.4, 0.5) is 5.69 Å². The molecule has 0 spiro atoms. The zero-order chi connectivity index (χ0) is 20.9. The van der Waals surface area contributed by atoms with Gasteiger partial charge in [-0.2, -0.15) is 0 Å². The molecule has 1 aromatic heterocycles. The number of hydrogen-bond acceptors (Lipinski definition) is 5. The smallest absolute Gasteiger partial charge is 0.264 e. The van der Waals surface area contributed by atoms with E-state index in [1.54, 1.807) is 4.90 Å². The third-order valence-corrected chi connectivity index (χ3v) is 6.04. The number of nitrogens with zero attached hydrogens (tertiary/aromatic N) is 2. The first kappa shape index (κ1) is 22.5. The number of carbonyl (C=O) groups is 1. The number of likely N-dealkylation sites (N-methyl/N-ethyl adjacent to an activating group) is 1. The number of amides is 1. The number of nitrogens with one attached hydrogen (secondary N) is 1. The molecule has 0 atom stereocenters. The first-order chi connectivity index (χ1) is 13.2. The average molecular weight is 467 g/mol. The van der Waals surface area contributed by atoms with E-state index in [1.165, 1.54) is 30.3 Å². The Labute approximate surface area is 178 Å².